The SMILES string of the molecule is Clc1nc(C2CC2)c2cc(Br)ccc2n1. The fourth-order valence-electron chi connectivity index (χ4n) is 1.76. The smallest absolute Gasteiger partial charge is 0.222 e. The molecule has 1 saturated carbocycles. The van der Waals surface area contributed by atoms with Gasteiger partial charge in [-0.1, -0.05) is 15.9 Å². The van der Waals surface area contributed by atoms with Crippen LogP contribution in [0.2, 0.25) is 5.28 Å². The zero-order valence-electron chi connectivity index (χ0n) is 7.87. The average Bonchev–Trinajstić information content (AvgIpc) is 3.01. The standard InChI is InChI=1S/C11H8BrClN2/c12-7-3-4-9-8(5-7)10(6-1-2-6)15-11(13)14-9/h3-6H,1-2H2. The van der Waals surface area contributed by atoms with Crippen molar-refractivity contribution in [1.82, 2.24) is 9.97 Å². The second-order valence-corrected chi connectivity index (χ2v) is 5.07. The Labute approximate surface area is 101 Å². The second-order valence-electron chi connectivity index (χ2n) is 3.81. The van der Waals surface area contributed by atoms with Crippen LogP contribution >= 0.6 is 27.5 Å². The van der Waals surface area contributed by atoms with Gasteiger partial charge in [0.05, 0.1) is 11.2 Å². The van der Waals surface area contributed by atoms with Gasteiger partial charge >= 0.3 is 0 Å². The van der Waals surface area contributed by atoms with Crippen LogP contribution in [-0.2, 0) is 0 Å². The monoisotopic (exact) mass is 282 g/mol. The molecule has 0 radical (unpaired) electrons. The maximum Gasteiger partial charge on any atom is 0.223 e. The third-order valence-electron chi connectivity index (χ3n) is 2.62. The minimum Gasteiger partial charge on any atom is -0.222 e. The maximum absolute atomic E-state index is 5.90. The molecule has 0 unspecified atom stereocenters. The molecule has 2 nitrogen and oxygen atoms in total. The summed E-state index contributed by atoms with van der Waals surface area (Å²) in [5.74, 6) is 0.585. The molecule has 1 aromatic heterocycles. The number of fused-ring (bicyclic) bond motifs is 1. The minimum atomic E-state index is 0.353. The molecule has 1 aromatic carbocycles. The van der Waals surface area contributed by atoms with Crippen LogP contribution in [0.1, 0.15) is 24.5 Å². The Hall–Kier alpha value is -0.670. The molecule has 3 rings (SSSR count). The minimum absolute atomic E-state index is 0.353. The van der Waals surface area contributed by atoms with E-state index < -0.39 is 0 Å². The van der Waals surface area contributed by atoms with Gasteiger partial charge in [-0.25, -0.2) is 9.97 Å². The van der Waals surface area contributed by atoms with Crippen molar-refractivity contribution in [2.45, 2.75) is 18.8 Å². The molecule has 2 aromatic rings. The van der Waals surface area contributed by atoms with Gasteiger partial charge in [-0.3, -0.25) is 0 Å². The van der Waals surface area contributed by atoms with E-state index in [1.807, 2.05) is 12.1 Å². The van der Waals surface area contributed by atoms with E-state index in [0.717, 1.165) is 21.1 Å². The van der Waals surface area contributed by atoms with Gasteiger partial charge < -0.3 is 0 Å². The highest BCUT2D eigenvalue weighted by Gasteiger charge is 2.27. The molecular weight excluding hydrogens is 275 g/mol. The second kappa shape index (κ2) is 3.42. The molecule has 1 fully saturated rings. The number of benzene rings is 1. The Morgan fingerprint density at radius 2 is 2.07 bits per heavy atom. The molecule has 0 atom stereocenters. The maximum atomic E-state index is 5.90. The van der Waals surface area contributed by atoms with Crippen LogP contribution in [-0.4, -0.2) is 9.97 Å². The van der Waals surface area contributed by atoms with Crippen molar-refractivity contribution in [2.24, 2.45) is 0 Å². The highest BCUT2D eigenvalue weighted by Crippen LogP contribution is 2.42. The first-order valence-corrected chi connectivity index (χ1v) is 6.04. The predicted octanol–water partition coefficient (Wildman–Crippen LogP) is 3.92. The molecule has 0 saturated heterocycles. The van der Waals surface area contributed by atoms with Crippen LogP contribution in [0, 0.1) is 0 Å². The number of rotatable bonds is 1. The van der Waals surface area contributed by atoms with Gasteiger partial charge in [-0.2, -0.15) is 0 Å². The van der Waals surface area contributed by atoms with Crippen LogP contribution in [0.3, 0.4) is 0 Å². The fourth-order valence-corrected chi connectivity index (χ4v) is 2.31. The number of hydrogen-bond acceptors (Lipinski definition) is 2. The Morgan fingerprint density at radius 3 is 2.80 bits per heavy atom. The fraction of sp³-hybridized carbons (Fsp3) is 0.273. The van der Waals surface area contributed by atoms with Gasteiger partial charge in [0.15, 0.2) is 0 Å². The Bertz CT molecular complexity index is 537. The topological polar surface area (TPSA) is 25.8 Å². The Balaban J connectivity index is 2.34. The molecule has 1 heterocycles. The third-order valence-corrected chi connectivity index (χ3v) is 3.29. The zero-order valence-corrected chi connectivity index (χ0v) is 10.2. The Kier molecular flexibility index (Phi) is 2.18. The number of halogens is 2. The first kappa shape index (κ1) is 9.55. The van der Waals surface area contributed by atoms with E-state index >= 15 is 0 Å². The van der Waals surface area contributed by atoms with Crippen molar-refractivity contribution in [3.8, 4) is 0 Å². The van der Waals surface area contributed by atoms with Gasteiger partial charge in [-0.15, -0.1) is 0 Å². The lowest BCUT2D eigenvalue weighted by molar-refractivity contribution is 1.02. The first-order valence-electron chi connectivity index (χ1n) is 4.87. The van der Waals surface area contributed by atoms with Crippen LogP contribution in [0.15, 0.2) is 22.7 Å². The highest BCUT2D eigenvalue weighted by atomic mass is 79.9. The molecule has 0 amide bonds. The molecule has 1 aliphatic carbocycles. The van der Waals surface area contributed by atoms with Gasteiger partial charge in [0.1, 0.15) is 0 Å². The quantitative estimate of drug-likeness (QED) is 0.741. The van der Waals surface area contributed by atoms with Gasteiger partial charge in [-0.05, 0) is 42.6 Å². The van der Waals surface area contributed by atoms with Crippen LogP contribution in [0.4, 0.5) is 0 Å². The number of hydrogen-bond donors (Lipinski definition) is 0. The molecule has 0 spiro atoms. The van der Waals surface area contributed by atoms with E-state index in [0.29, 0.717) is 11.2 Å². The van der Waals surface area contributed by atoms with Crippen molar-refractivity contribution in [1.29, 1.82) is 0 Å². The van der Waals surface area contributed by atoms with Gasteiger partial charge in [0.2, 0.25) is 5.28 Å². The Morgan fingerprint density at radius 1 is 1.27 bits per heavy atom. The number of aromatic nitrogens is 2. The summed E-state index contributed by atoms with van der Waals surface area (Å²) in [6.45, 7) is 0. The van der Waals surface area contributed by atoms with Crippen molar-refractivity contribution >= 4 is 38.4 Å². The summed E-state index contributed by atoms with van der Waals surface area (Å²) in [5, 5.41) is 1.47. The first-order chi connectivity index (χ1) is 7.24. The van der Waals surface area contributed by atoms with Crippen molar-refractivity contribution in [3.63, 3.8) is 0 Å². The normalized spacial score (nSPS) is 15.9. The molecule has 1 aliphatic rings. The summed E-state index contributed by atoms with van der Waals surface area (Å²) in [6.07, 6.45) is 2.43. The van der Waals surface area contributed by atoms with Crippen molar-refractivity contribution < 1.29 is 0 Å². The van der Waals surface area contributed by atoms with E-state index in [-0.39, 0.29) is 0 Å². The molecule has 0 aliphatic heterocycles. The zero-order chi connectivity index (χ0) is 10.4. The van der Waals surface area contributed by atoms with Gasteiger partial charge in [0.25, 0.3) is 0 Å². The lowest BCUT2D eigenvalue weighted by Gasteiger charge is -2.04. The van der Waals surface area contributed by atoms with E-state index in [2.05, 4.69) is 32.0 Å². The van der Waals surface area contributed by atoms with Crippen LogP contribution in [0.5, 0.6) is 0 Å². The van der Waals surface area contributed by atoms with E-state index in [1.54, 1.807) is 0 Å². The van der Waals surface area contributed by atoms with Crippen molar-refractivity contribution in [3.05, 3.63) is 33.6 Å². The summed E-state index contributed by atoms with van der Waals surface area (Å²) < 4.78 is 1.06. The van der Waals surface area contributed by atoms with E-state index in [4.69, 9.17) is 11.6 Å². The van der Waals surface area contributed by atoms with Gasteiger partial charge in [0, 0.05) is 15.8 Å². The molecule has 15 heavy (non-hydrogen) atoms. The molecule has 4 heteroatoms. The van der Waals surface area contributed by atoms with Crippen LogP contribution < -0.4 is 0 Å². The molecule has 0 N–H and O–H groups in total. The molecule has 0 bridgehead atoms. The van der Waals surface area contributed by atoms with E-state index in [1.165, 1.54) is 12.8 Å². The summed E-state index contributed by atoms with van der Waals surface area (Å²) in [4.78, 5) is 8.56. The largest absolute Gasteiger partial charge is 0.223 e. The lowest BCUT2D eigenvalue weighted by Crippen LogP contribution is -1.93. The van der Waals surface area contributed by atoms with E-state index in [9.17, 15) is 0 Å². The number of nitrogens with zero attached hydrogens (tertiary/aromatic N) is 2. The summed E-state index contributed by atoms with van der Waals surface area (Å²) in [5.41, 5.74) is 2.03. The van der Waals surface area contributed by atoms with Crippen molar-refractivity contribution in [2.75, 3.05) is 0 Å². The summed E-state index contributed by atoms with van der Waals surface area (Å²) >= 11 is 9.37. The average molecular weight is 284 g/mol. The third kappa shape index (κ3) is 1.74. The molecular formula is C11H8BrClN2. The van der Waals surface area contributed by atoms with Crippen LogP contribution in [0.25, 0.3) is 10.9 Å². The molecule has 76 valence electrons. The highest BCUT2D eigenvalue weighted by molar-refractivity contribution is 9.10. The lowest BCUT2D eigenvalue weighted by atomic mass is 10.1. The predicted molar refractivity (Wildman–Crippen MR) is 64.2 cm³/mol. The summed E-state index contributed by atoms with van der Waals surface area (Å²) in [7, 11) is 0. The summed E-state index contributed by atoms with van der Waals surface area (Å²) in [6, 6.07) is 6.01.